The van der Waals surface area contributed by atoms with E-state index in [0.29, 0.717) is 30.0 Å². The van der Waals surface area contributed by atoms with Crippen molar-refractivity contribution in [2.45, 2.75) is 32.0 Å². The van der Waals surface area contributed by atoms with Gasteiger partial charge in [0.2, 0.25) is 0 Å². The zero-order valence-corrected chi connectivity index (χ0v) is 15.7. The Morgan fingerprint density at radius 1 is 1.08 bits per heavy atom. The highest BCUT2D eigenvalue weighted by Crippen LogP contribution is 2.38. The average Bonchev–Trinajstić information content (AvgIpc) is 2.68. The summed E-state index contributed by atoms with van der Waals surface area (Å²) in [6, 6.07) is 15.2. The van der Waals surface area contributed by atoms with E-state index in [1.807, 2.05) is 12.1 Å². The summed E-state index contributed by atoms with van der Waals surface area (Å²) in [6.45, 7) is 5.20. The van der Waals surface area contributed by atoms with E-state index in [2.05, 4.69) is 40.5 Å². The molecule has 4 nitrogen and oxygen atoms in total. The quantitative estimate of drug-likeness (QED) is 0.864. The molecule has 138 valence electrons. The topological polar surface area (TPSA) is 33.7 Å². The van der Waals surface area contributed by atoms with Crippen molar-refractivity contribution in [3.63, 3.8) is 0 Å². The lowest BCUT2D eigenvalue weighted by atomic mass is 10.0. The molecule has 2 aromatic carbocycles. The van der Waals surface area contributed by atoms with Crippen LogP contribution in [0.15, 0.2) is 42.5 Å². The Labute approximate surface area is 160 Å². The number of hydrogen-bond acceptors (Lipinski definition) is 4. The van der Waals surface area contributed by atoms with Crippen molar-refractivity contribution < 1.29 is 9.47 Å². The molecule has 2 aliphatic rings. The summed E-state index contributed by atoms with van der Waals surface area (Å²) in [5.74, 6) is 1.43. The minimum Gasteiger partial charge on any atom is -0.486 e. The van der Waals surface area contributed by atoms with E-state index in [1.54, 1.807) is 0 Å². The van der Waals surface area contributed by atoms with Crippen LogP contribution in [0.2, 0.25) is 5.02 Å². The first kappa shape index (κ1) is 17.7. The molecule has 0 amide bonds. The summed E-state index contributed by atoms with van der Waals surface area (Å²) in [5, 5.41) is 4.32. The van der Waals surface area contributed by atoms with Crippen molar-refractivity contribution in [3.05, 3.63) is 58.6 Å². The number of benzene rings is 2. The molecule has 1 unspecified atom stereocenters. The number of fused-ring (bicyclic) bond motifs is 1. The maximum atomic E-state index is 6.34. The van der Waals surface area contributed by atoms with Crippen molar-refractivity contribution in [1.82, 2.24) is 10.2 Å². The number of hydrogen-bond donors (Lipinski definition) is 1. The molecule has 0 aliphatic carbocycles. The van der Waals surface area contributed by atoms with Crippen LogP contribution in [0.5, 0.6) is 11.5 Å². The second-order valence-electron chi connectivity index (χ2n) is 7.04. The number of nitrogens with zero attached hydrogens (tertiary/aromatic N) is 1. The fourth-order valence-electron chi connectivity index (χ4n) is 3.74. The molecule has 1 saturated heterocycles. The molecule has 5 heteroatoms. The standard InChI is InChI=1S/C21H25ClN2O2/c22-19-11-17(12-20-21(19)26-10-9-25-20)13-23-18-7-4-8-24(15-18)14-16-5-2-1-3-6-16/h1-3,5-6,11-12,18,23H,4,7-10,13-15H2. The fraction of sp³-hybridized carbons (Fsp3) is 0.429. The smallest absolute Gasteiger partial charge is 0.179 e. The highest BCUT2D eigenvalue weighted by Gasteiger charge is 2.21. The van der Waals surface area contributed by atoms with Gasteiger partial charge >= 0.3 is 0 Å². The molecule has 2 heterocycles. The van der Waals surface area contributed by atoms with Gasteiger partial charge in [0, 0.05) is 25.7 Å². The molecular formula is C21H25ClN2O2. The highest BCUT2D eigenvalue weighted by atomic mass is 35.5. The van der Waals surface area contributed by atoms with Gasteiger partial charge in [-0.25, -0.2) is 0 Å². The van der Waals surface area contributed by atoms with Gasteiger partial charge in [-0.3, -0.25) is 4.90 Å². The van der Waals surface area contributed by atoms with Crippen molar-refractivity contribution in [1.29, 1.82) is 0 Å². The van der Waals surface area contributed by atoms with Crippen LogP contribution in [0.1, 0.15) is 24.0 Å². The first-order chi connectivity index (χ1) is 12.8. The number of likely N-dealkylation sites (tertiary alicyclic amines) is 1. The molecule has 26 heavy (non-hydrogen) atoms. The van der Waals surface area contributed by atoms with E-state index < -0.39 is 0 Å². The van der Waals surface area contributed by atoms with Crippen molar-refractivity contribution >= 4 is 11.6 Å². The van der Waals surface area contributed by atoms with E-state index in [0.717, 1.165) is 30.9 Å². The third-order valence-electron chi connectivity index (χ3n) is 5.01. The van der Waals surface area contributed by atoms with Gasteiger partial charge in [-0.1, -0.05) is 41.9 Å². The third kappa shape index (κ3) is 4.32. The Morgan fingerprint density at radius 2 is 1.92 bits per heavy atom. The molecule has 1 fully saturated rings. The minimum absolute atomic E-state index is 0.499. The van der Waals surface area contributed by atoms with Gasteiger partial charge in [0.15, 0.2) is 11.5 Å². The van der Waals surface area contributed by atoms with Gasteiger partial charge in [-0.15, -0.1) is 0 Å². The van der Waals surface area contributed by atoms with E-state index in [9.17, 15) is 0 Å². The monoisotopic (exact) mass is 372 g/mol. The molecule has 2 aromatic rings. The molecule has 4 rings (SSSR count). The van der Waals surface area contributed by atoms with Gasteiger partial charge in [0.25, 0.3) is 0 Å². The van der Waals surface area contributed by atoms with Crippen molar-refractivity contribution in [3.8, 4) is 11.5 Å². The van der Waals surface area contributed by atoms with Gasteiger partial charge in [-0.2, -0.15) is 0 Å². The zero-order valence-electron chi connectivity index (χ0n) is 14.9. The lowest BCUT2D eigenvalue weighted by Gasteiger charge is -2.33. The Hall–Kier alpha value is -1.75. The second kappa shape index (κ2) is 8.30. The van der Waals surface area contributed by atoms with Gasteiger partial charge in [0.1, 0.15) is 13.2 Å². The Bertz CT molecular complexity index is 738. The molecule has 1 N–H and O–H groups in total. The fourth-order valence-corrected chi connectivity index (χ4v) is 4.02. The van der Waals surface area contributed by atoms with Crippen LogP contribution in [0.3, 0.4) is 0 Å². The number of halogens is 1. The lowest BCUT2D eigenvalue weighted by Crippen LogP contribution is -2.45. The summed E-state index contributed by atoms with van der Waals surface area (Å²) in [6.07, 6.45) is 2.44. The zero-order chi connectivity index (χ0) is 17.8. The van der Waals surface area contributed by atoms with Gasteiger partial charge in [0.05, 0.1) is 5.02 Å². The molecule has 0 radical (unpaired) electrons. The second-order valence-corrected chi connectivity index (χ2v) is 7.45. The molecule has 0 spiro atoms. The van der Waals surface area contributed by atoms with Crippen molar-refractivity contribution in [2.24, 2.45) is 0 Å². The van der Waals surface area contributed by atoms with Crippen LogP contribution >= 0.6 is 11.6 Å². The van der Waals surface area contributed by atoms with Crippen LogP contribution in [0, 0.1) is 0 Å². The van der Waals surface area contributed by atoms with Gasteiger partial charge < -0.3 is 14.8 Å². The van der Waals surface area contributed by atoms with Crippen molar-refractivity contribution in [2.75, 3.05) is 26.3 Å². The van der Waals surface area contributed by atoms with Crippen LogP contribution in [-0.4, -0.2) is 37.2 Å². The first-order valence-corrected chi connectivity index (χ1v) is 9.73. The molecule has 0 bridgehead atoms. The van der Waals surface area contributed by atoms with E-state index in [1.165, 1.54) is 24.9 Å². The van der Waals surface area contributed by atoms with E-state index in [-0.39, 0.29) is 0 Å². The number of piperidine rings is 1. The third-order valence-corrected chi connectivity index (χ3v) is 5.29. The summed E-state index contributed by atoms with van der Waals surface area (Å²) in [5.41, 5.74) is 2.52. The first-order valence-electron chi connectivity index (χ1n) is 9.35. The minimum atomic E-state index is 0.499. The number of ether oxygens (including phenoxy) is 2. The van der Waals surface area contributed by atoms with Crippen LogP contribution < -0.4 is 14.8 Å². The van der Waals surface area contributed by atoms with Crippen LogP contribution in [-0.2, 0) is 13.1 Å². The van der Waals surface area contributed by atoms with E-state index in [4.69, 9.17) is 21.1 Å². The summed E-state index contributed by atoms with van der Waals surface area (Å²) in [7, 11) is 0. The average molecular weight is 373 g/mol. The van der Waals surface area contributed by atoms with Gasteiger partial charge in [-0.05, 0) is 42.6 Å². The van der Waals surface area contributed by atoms with Crippen LogP contribution in [0.4, 0.5) is 0 Å². The van der Waals surface area contributed by atoms with E-state index >= 15 is 0 Å². The summed E-state index contributed by atoms with van der Waals surface area (Å²) < 4.78 is 11.3. The Balaban J connectivity index is 1.33. The molecular weight excluding hydrogens is 348 g/mol. The molecule has 0 saturated carbocycles. The largest absolute Gasteiger partial charge is 0.486 e. The number of nitrogens with one attached hydrogen (secondary N) is 1. The van der Waals surface area contributed by atoms with Crippen LogP contribution in [0.25, 0.3) is 0 Å². The highest BCUT2D eigenvalue weighted by molar-refractivity contribution is 6.32. The summed E-state index contributed by atoms with van der Waals surface area (Å²) >= 11 is 6.34. The maximum Gasteiger partial charge on any atom is 0.179 e. The Kier molecular flexibility index (Phi) is 5.63. The predicted octanol–water partition coefficient (Wildman–Crippen LogP) is 3.87. The SMILES string of the molecule is Clc1cc(CNC2CCCN(Cc3ccccc3)C2)cc2c1OCCO2. The molecule has 1 atom stereocenters. The summed E-state index contributed by atoms with van der Waals surface area (Å²) in [4.78, 5) is 2.54. The normalized spacial score (nSPS) is 20.1. The molecule has 0 aromatic heterocycles. The lowest BCUT2D eigenvalue weighted by molar-refractivity contribution is 0.171. The maximum absolute atomic E-state index is 6.34. The number of rotatable bonds is 5. The Morgan fingerprint density at radius 3 is 2.81 bits per heavy atom. The molecule has 2 aliphatic heterocycles. The predicted molar refractivity (Wildman–Crippen MR) is 104 cm³/mol.